The van der Waals surface area contributed by atoms with Gasteiger partial charge in [-0.1, -0.05) is 18.7 Å². The average molecular weight is 276 g/mol. The molecule has 2 aliphatic rings. The number of hydrogen-bond donors (Lipinski definition) is 1. The molecule has 0 radical (unpaired) electrons. The van der Waals surface area contributed by atoms with Crippen LogP contribution in [0.3, 0.4) is 0 Å². The summed E-state index contributed by atoms with van der Waals surface area (Å²) in [5.74, 6) is 1.94. The summed E-state index contributed by atoms with van der Waals surface area (Å²) in [6, 6.07) is 0. The highest BCUT2D eigenvalue weighted by atomic mass is 16.4. The summed E-state index contributed by atoms with van der Waals surface area (Å²) in [6.07, 6.45) is 14.4. The lowest BCUT2D eigenvalue weighted by molar-refractivity contribution is -0.133. The summed E-state index contributed by atoms with van der Waals surface area (Å²) in [5.41, 5.74) is 0.431. The zero-order valence-corrected chi connectivity index (χ0v) is 12.7. The second-order valence-corrected chi connectivity index (χ2v) is 6.64. The minimum absolute atomic E-state index is 0.225. The largest absolute Gasteiger partial charge is 0.478 e. The summed E-state index contributed by atoms with van der Waals surface area (Å²) >= 11 is 0. The van der Waals surface area contributed by atoms with Crippen molar-refractivity contribution in [3.05, 3.63) is 24.3 Å². The molecule has 0 aromatic carbocycles. The van der Waals surface area contributed by atoms with Crippen molar-refractivity contribution in [1.29, 1.82) is 0 Å². The van der Waals surface area contributed by atoms with E-state index in [2.05, 4.69) is 25.7 Å². The number of aliphatic carboxylic acids is 1. The lowest BCUT2D eigenvalue weighted by Crippen LogP contribution is -2.27. The van der Waals surface area contributed by atoms with E-state index in [9.17, 15) is 4.79 Å². The molecule has 0 heterocycles. The van der Waals surface area contributed by atoms with Gasteiger partial charge in [0.05, 0.1) is 0 Å². The quantitative estimate of drug-likeness (QED) is 0.590. The van der Waals surface area contributed by atoms with Gasteiger partial charge < -0.3 is 5.11 Å². The van der Waals surface area contributed by atoms with Crippen molar-refractivity contribution in [2.45, 2.75) is 58.3 Å². The Kier molecular flexibility index (Phi) is 5.45. The first-order valence-corrected chi connectivity index (χ1v) is 8.16. The smallest absolute Gasteiger partial charge is 0.331 e. The van der Waals surface area contributed by atoms with Crippen molar-refractivity contribution in [2.75, 3.05) is 0 Å². The lowest BCUT2D eigenvalue weighted by Gasteiger charge is -2.37. The predicted octanol–water partition coefficient (Wildman–Crippen LogP) is 4.82. The number of allylic oxidation sites excluding steroid dienone is 2. The van der Waals surface area contributed by atoms with E-state index in [0.29, 0.717) is 5.57 Å². The van der Waals surface area contributed by atoms with Gasteiger partial charge in [0.15, 0.2) is 0 Å². The van der Waals surface area contributed by atoms with Crippen LogP contribution in [0.5, 0.6) is 0 Å². The maximum Gasteiger partial charge on any atom is 0.331 e. The number of rotatable bonds is 4. The molecule has 2 nitrogen and oxygen atoms in total. The number of hydrogen-bond acceptors (Lipinski definition) is 1. The van der Waals surface area contributed by atoms with Gasteiger partial charge in [-0.15, -0.1) is 0 Å². The molecule has 1 N–H and O–H groups in total. The molecule has 0 spiro atoms. The molecular formula is C18H28O2. The van der Waals surface area contributed by atoms with E-state index in [1.807, 2.05) is 0 Å². The van der Waals surface area contributed by atoms with Crippen LogP contribution in [-0.2, 0) is 4.79 Å². The molecule has 2 aliphatic carbocycles. The van der Waals surface area contributed by atoms with Crippen molar-refractivity contribution in [2.24, 2.45) is 23.7 Å². The molecule has 112 valence electrons. The number of carboxylic acids is 1. The van der Waals surface area contributed by atoms with E-state index in [1.54, 1.807) is 0 Å². The Hall–Kier alpha value is -1.05. The Bertz CT molecular complexity index is 367. The summed E-state index contributed by atoms with van der Waals surface area (Å²) in [6.45, 7) is 5.85. The van der Waals surface area contributed by atoms with Gasteiger partial charge in [-0.2, -0.15) is 0 Å². The summed E-state index contributed by atoms with van der Waals surface area (Å²) in [7, 11) is 0. The van der Waals surface area contributed by atoms with Crippen molar-refractivity contribution < 1.29 is 9.90 Å². The fourth-order valence-corrected chi connectivity index (χ4v) is 4.19. The molecule has 0 bridgehead atoms. The highest BCUT2D eigenvalue weighted by Crippen LogP contribution is 2.42. The van der Waals surface area contributed by atoms with E-state index >= 15 is 0 Å². The molecule has 0 unspecified atom stereocenters. The van der Waals surface area contributed by atoms with Crippen molar-refractivity contribution in [3.8, 4) is 0 Å². The highest BCUT2D eigenvalue weighted by molar-refractivity contribution is 5.86. The fourth-order valence-electron chi connectivity index (χ4n) is 4.19. The molecule has 0 aliphatic heterocycles. The van der Waals surface area contributed by atoms with Gasteiger partial charge in [0.1, 0.15) is 0 Å². The first-order chi connectivity index (χ1) is 9.61. The highest BCUT2D eigenvalue weighted by Gasteiger charge is 2.32. The minimum atomic E-state index is -0.805. The molecule has 0 saturated heterocycles. The molecule has 0 atom stereocenters. The molecule has 2 heteroatoms. The first kappa shape index (κ1) is 15.3. The van der Waals surface area contributed by atoms with E-state index in [4.69, 9.17) is 5.11 Å². The Morgan fingerprint density at radius 3 is 1.95 bits per heavy atom. The predicted molar refractivity (Wildman–Crippen MR) is 82.5 cm³/mol. The van der Waals surface area contributed by atoms with Gasteiger partial charge in [0.25, 0.3) is 0 Å². The molecule has 2 rings (SSSR count). The van der Waals surface area contributed by atoms with Crippen LogP contribution in [0.25, 0.3) is 0 Å². The van der Waals surface area contributed by atoms with Gasteiger partial charge >= 0.3 is 5.97 Å². The summed E-state index contributed by atoms with van der Waals surface area (Å²) in [5, 5.41) is 9.02. The van der Waals surface area contributed by atoms with Crippen LogP contribution in [-0.4, -0.2) is 11.1 Å². The second kappa shape index (κ2) is 7.10. The van der Waals surface area contributed by atoms with Gasteiger partial charge in [-0.05, 0) is 82.0 Å². The zero-order chi connectivity index (χ0) is 14.5. The molecular weight excluding hydrogens is 248 g/mol. The zero-order valence-electron chi connectivity index (χ0n) is 12.7. The van der Waals surface area contributed by atoms with Gasteiger partial charge in [0, 0.05) is 5.57 Å². The molecule has 2 fully saturated rings. The number of carbonyl (C=O) groups is 1. The van der Waals surface area contributed by atoms with Crippen molar-refractivity contribution in [3.63, 3.8) is 0 Å². The SMILES string of the molecule is C=C(C(=O)O)C1CCC([C@H]2CC[C@H](/C=C/C)CC2)CC1. The molecule has 0 amide bonds. The third-order valence-corrected chi connectivity index (χ3v) is 5.49. The minimum Gasteiger partial charge on any atom is -0.478 e. The molecule has 2 saturated carbocycles. The van der Waals surface area contributed by atoms with Crippen LogP contribution >= 0.6 is 0 Å². The number of carboxylic acid groups (broad SMARTS) is 1. The average Bonchev–Trinajstić information content (AvgIpc) is 2.48. The Balaban J connectivity index is 1.77. The van der Waals surface area contributed by atoms with Crippen molar-refractivity contribution in [1.82, 2.24) is 0 Å². The van der Waals surface area contributed by atoms with Crippen LogP contribution in [0.1, 0.15) is 58.3 Å². The summed E-state index contributed by atoms with van der Waals surface area (Å²) in [4.78, 5) is 11.0. The van der Waals surface area contributed by atoms with Crippen LogP contribution in [0.4, 0.5) is 0 Å². The van der Waals surface area contributed by atoms with E-state index in [1.165, 1.54) is 38.5 Å². The third-order valence-electron chi connectivity index (χ3n) is 5.49. The Morgan fingerprint density at radius 1 is 1.00 bits per heavy atom. The second-order valence-electron chi connectivity index (χ2n) is 6.64. The Labute approximate surface area is 123 Å². The van der Waals surface area contributed by atoms with E-state index in [-0.39, 0.29) is 5.92 Å². The maximum absolute atomic E-state index is 11.0. The molecule has 0 aromatic rings. The van der Waals surface area contributed by atoms with Crippen LogP contribution in [0.15, 0.2) is 24.3 Å². The van der Waals surface area contributed by atoms with Gasteiger partial charge in [-0.25, -0.2) is 4.79 Å². The van der Waals surface area contributed by atoms with E-state index in [0.717, 1.165) is 30.6 Å². The molecule has 0 aromatic heterocycles. The third kappa shape index (κ3) is 3.74. The lowest BCUT2D eigenvalue weighted by atomic mass is 9.68. The first-order valence-electron chi connectivity index (χ1n) is 8.16. The van der Waals surface area contributed by atoms with Gasteiger partial charge in [0.2, 0.25) is 0 Å². The normalized spacial score (nSPS) is 35.0. The monoisotopic (exact) mass is 276 g/mol. The van der Waals surface area contributed by atoms with E-state index < -0.39 is 5.97 Å². The summed E-state index contributed by atoms with van der Waals surface area (Å²) < 4.78 is 0. The van der Waals surface area contributed by atoms with Crippen molar-refractivity contribution >= 4 is 5.97 Å². The van der Waals surface area contributed by atoms with Crippen LogP contribution in [0.2, 0.25) is 0 Å². The topological polar surface area (TPSA) is 37.3 Å². The maximum atomic E-state index is 11.0. The fraction of sp³-hybridized carbons (Fsp3) is 0.722. The van der Waals surface area contributed by atoms with Gasteiger partial charge in [-0.3, -0.25) is 0 Å². The van der Waals surface area contributed by atoms with Crippen LogP contribution < -0.4 is 0 Å². The van der Waals surface area contributed by atoms with Crippen LogP contribution in [0, 0.1) is 23.7 Å². The standard InChI is InChI=1S/C18H28O2/c1-3-4-14-5-7-16(8-6-14)17-11-9-15(10-12-17)13(2)18(19)20/h3-4,14-17H,2,5-12H2,1H3,(H,19,20)/b4-3+/t14-,15?,16-,17?. The Morgan fingerprint density at radius 2 is 1.50 bits per heavy atom. The molecule has 20 heavy (non-hydrogen) atoms.